The summed E-state index contributed by atoms with van der Waals surface area (Å²) in [6.45, 7) is 5.77. The van der Waals surface area contributed by atoms with Crippen molar-refractivity contribution in [3.05, 3.63) is 65.7 Å². The molecule has 1 saturated heterocycles. The van der Waals surface area contributed by atoms with Gasteiger partial charge in [0.25, 0.3) is 5.91 Å². The van der Waals surface area contributed by atoms with Crippen LogP contribution in [0, 0.1) is 6.92 Å². The van der Waals surface area contributed by atoms with Crippen molar-refractivity contribution in [2.75, 3.05) is 44.6 Å². The Bertz CT molecular complexity index is 861. The van der Waals surface area contributed by atoms with Crippen LogP contribution in [0.5, 0.6) is 0 Å². The van der Waals surface area contributed by atoms with Gasteiger partial charge >= 0.3 is 11.8 Å². The molecule has 1 heterocycles. The Kier molecular flexibility index (Phi) is 6.97. The van der Waals surface area contributed by atoms with E-state index in [0.29, 0.717) is 31.9 Å². The van der Waals surface area contributed by atoms with Gasteiger partial charge in [-0.3, -0.25) is 19.3 Å². The predicted octanol–water partition coefficient (Wildman–Crippen LogP) is 1.51. The van der Waals surface area contributed by atoms with Crippen LogP contribution >= 0.6 is 0 Å². The normalized spacial score (nSPS) is 14.3. The van der Waals surface area contributed by atoms with Crippen LogP contribution in [0.1, 0.15) is 15.9 Å². The van der Waals surface area contributed by atoms with Gasteiger partial charge in [-0.05, 0) is 31.2 Å². The number of hydrogen-bond acceptors (Lipinski definition) is 4. The minimum atomic E-state index is -0.676. The Morgan fingerprint density at radius 1 is 0.897 bits per heavy atom. The maximum atomic E-state index is 12.6. The standard InChI is InChI=1S/C22H26N4O3/c1-17-6-5-7-18(16-17)22(29)26-14-12-25(13-15-26)11-10-23-20(27)21(28)24-19-8-3-2-4-9-19/h2-9,16H,10-15H2,1H3,(H,23,27)(H,24,28). The first-order chi connectivity index (χ1) is 14.0. The number of piperazine rings is 1. The van der Waals surface area contributed by atoms with Gasteiger partial charge in [0, 0.05) is 50.5 Å². The summed E-state index contributed by atoms with van der Waals surface area (Å²) in [4.78, 5) is 40.4. The first-order valence-electron chi connectivity index (χ1n) is 9.75. The zero-order valence-electron chi connectivity index (χ0n) is 16.6. The Morgan fingerprint density at radius 2 is 1.62 bits per heavy atom. The molecule has 0 aliphatic carbocycles. The van der Waals surface area contributed by atoms with E-state index < -0.39 is 11.8 Å². The average Bonchev–Trinajstić information content (AvgIpc) is 2.74. The lowest BCUT2D eigenvalue weighted by Gasteiger charge is -2.34. The Labute approximate surface area is 170 Å². The molecular weight excluding hydrogens is 368 g/mol. The molecule has 2 aromatic carbocycles. The van der Waals surface area contributed by atoms with Crippen molar-refractivity contribution in [1.29, 1.82) is 0 Å². The molecule has 3 rings (SSSR count). The van der Waals surface area contributed by atoms with E-state index in [4.69, 9.17) is 0 Å². The molecule has 0 saturated carbocycles. The molecule has 1 aliphatic rings. The summed E-state index contributed by atoms with van der Waals surface area (Å²) in [5.41, 5.74) is 2.37. The van der Waals surface area contributed by atoms with E-state index in [1.165, 1.54) is 0 Å². The lowest BCUT2D eigenvalue weighted by Crippen LogP contribution is -2.50. The monoisotopic (exact) mass is 394 g/mol. The minimum Gasteiger partial charge on any atom is -0.347 e. The quantitative estimate of drug-likeness (QED) is 0.754. The van der Waals surface area contributed by atoms with Gasteiger partial charge in [-0.15, -0.1) is 0 Å². The highest BCUT2D eigenvalue weighted by atomic mass is 16.2. The van der Waals surface area contributed by atoms with Crippen LogP contribution in [0.4, 0.5) is 5.69 Å². The number of para-hydroxylation sites is 1. The number of carbonyl (C=O) groups excluding carboxylic acids is 3. The van der Waals surface area contributed by atoms with Crippen molar-refractivity contribution in [3.63, 3.8) is 0 Å². The van der Waals surface area contributed by atoms with Crippen LogP contribution in [-0.2, 0) is 9.59 Å². The molecule has 29 heavy (non-hydrogen) atoms. The predicted molar refractivity (Wildman–Crippen MR) is 112 cm³/mol. The summed E-state index contributed by atoms with van der Waals surface area (Å²) in [6, 6.07) is 16.5. The topological polar surface area (TPSA) is 81.8 Å². The fourth-order valence-corrected chi connectivity index (χ4v) is 3.25. The van der Waals surface area contributed by atoms with Crippen LogP contribution in [0.2, 0.25) is 0 Å². The second kappa shape index (κ2) is 9.84. The Morgan fingerprint density at radius 3 is 2.31 bits per heavy atom. The van der Waals surface area contributed by atoms with Crippen molar-refractivity contribution in [2.45, 2.75) is 6.92 Å². The maximum absolute atomic E-state index is 12.6. The molecule has 1 fully saturated rings. The third-order valence-electron chi connectivity index (χ3n) is 4.88. The van der Waals surface area contributed by atoms with Gasteiger partial charge in [-0.2, -0.15) is 0 Å². The molecule has 0 bridgehead atoms. The molecule has 0 unspecified atom stereocenters. The highest BCUT2D eigenvalue weighted by molar-refractivity contribution is 6.39. The zero-order valence-corrected chi connectivity index (χ0v) is 16.6. The molecule has 2 N–H and O–H groups in total. The molecular formula is C22H26N4O3. The largest absolute Gasteiger partial charge is 0.347 e. The van der Waals surface area contributed by atoms with Gasteiger partial charge in [-0.1, -0.05) is 35.9 Å². The van der Waals surface area contributed by atoms with Crippen LogP contribution in [-0.4, -0.2) is 66.8 Å². The number of amides is 3. The lowest BCUT2D eigenvalue weighted by atomic mass is 10.1. The second-order valence-electron chi connectivity index (χ2n) is 7.08. The number of aryl methyl sites for hydroxylation is 1. The number of nitrogens with one attached hydrogen (secondary N) is 2. The van der Waals surface area contributed by atoms with E-state index in [2.05, 4.69) is 15.5 Å². The summed E-state index contributed by atoms with van der Waals surface area (Å²) in [5, 5.41) is 5.20. The molecule has 152 valence electrons. The highest BCUT2D eigenvalue weighted by Gasteiger charge is 2.22. The van der Waals surface area contributed by atoms with E-state index in [1.807, 2.05) is 42.2 Å². The molecule has 3 amide bonds. The zero-order chi connectivity index (χ0) is 20.6. The molecule has 7 heteroatoms. The van der Waals surface area contributed by atoms with E-state index in [1.54, 1.807) is 24.3 Å². The number of rotatable bonds is 5. The van der Waals surface area contributed by atoms with Gasteiger partial charge < -0.3 is 15.5 Å². The van der Waals surface area contributed by atoms with Gasteiger partial charge in [0.1, 0.15) is 0 Å². The van der Waals surface area contributed by atoms with Gasteiger partial charge in [0.05, 0.1) is 0 Å². The third-order valence-corrected chi connectivity index (χ3v) is 4.88. The first-order valence-corrected chi connectivity index (χ1v) is 9.75. The van der Waals surface area contributed by atoms with Crippen LogP contribution < -0.4 is 10.6 Å². The van der Waals surface area contributed by atoms with Crippen LogP contribution in [0.3, 0.4) is 0 Å². The minimum absolute atomic E-state index is 0.0548. The van der Waals surface area contributed by atoms with E-state index in [0.717, 1.165) is 24.2 Å². The lowest BCUT2D eigenvalue weighted by molar-refractivity contribution is -0.136. The molecule has 7 nitrogen and oxygen atoms in total. The van der Waals surface area contributed by atoms with E-state index in [-0.39, 0.29) is 5.91 Å². The van der Waals surface area contributed by atoms with Crippen molar-refractivity contribution < 1.29 is 14.4 Å². The number of benzene rings is 2. The third kappa shape index (κ3) is 5.89. The van der Waals surface area contributed by atoms with Gasteiger partial charge in [0.2, 0.25) is 0 Å². The van der Waals surface area contributed by atoms with Crippen LogP contribution in [0.15, 0.2) is 54.6 Å². The van der Waals surface area contributed by atoms with Crippen LogP contribution in [0.25, 0.3) is 0 Å². The van der Waals surface area contributed by atoms with Gasteiger partial charge in [-0.25, -0.2) is 0 Å². The summed E-state index contributed by atoms with van der Waals surface area (Å²) in [6.07, 6.45) is 0. The number of carbonyl (C=O) groups is 3. The molecule has 0 aromatic heterocycles. The Balaban J connectivity index is 1.37. The summed E-state index contributed by atoms with van der Waals surface area (Å²) >= 11 is 0. The second-order valence-corrected chi connectivity index (χ2v) is 7.08. The Hall–Kier alpha value is -3.19. The first kappa shape index (κ1) is 20.5. The summed E-state index contributed by atoms with van der Waals surface area (Å²) in [5.74, 6) is -1.27. The van der Waals surface area contributed by atoms with Crippen molar-refractivity contribution in [3.8, 4) is 0 Å². The molecule has 2 aromatic rings. The van der Waals surface area contributed by atoms with E-state index >= 15 is 0 Å². The number of nitrogens with zero attached hydrogens (tertiary/aromatic N) is 2. The molecule has 0 radical (unpaired) electrons. The highest BCUT2D eigenvalue weighted by Crippen LogP contribution is 2.10. The smallest absolute Gasteiger partial charge is 0.313 e. The van der Waals surface area contributed by atoms with E-state index in [9.17, 15) is 14.4 Å². The average molecular weight is 394 g/mol. The fraction of sp³-hybridized carbons (Fsp3) is 0.318. The summed E-state index contributed by atoms with van der Waals surface area (Å²) in [7, 11) is 0. The molecule has 1 aliphatic heterocycles. The van der Waals surface area contributed by atoms with Crippen molar-refractivity contribution in [2.24, 2.45) is 0 Å². The maximum Gasteiger partial charge on any atom is 0.313 e. The summed E-state index contributed by atoms with van der Waals surface area (Å²) < 4.78 is 0. The van der Waals surface area contributed by atoms with Crippen molar-refractivity contribution in [1.82, 2.24) is 15.1 Å². The number of hydrogen-bond donors (Lipinski definition) is 2. The van der Waals surface area contributed by atoms with Crippen molar-refractivity contribution >= 4 is 23.4 Å². The van der Waals surface area contributed by atoms with Gasteiger partial charge in [0.15, 0.2) is 0 Å². The fourth-order valence-electron chi connectivity index (χ4n) is 3.25. The molecule has 0 atom stereocenters. The molecule has 0 spiro atoms. The number of anilines is 1. The SMILES string of the molecule is Cc1cccc(C(=O)N2CCN(CCNC(=O)C(=O)Nc3ccccc3)CC2)c1.